The Morgan fingerprint density at radius 3 is 2.11 bits per heavy atom. The quantitative estimate of drug-likeness (QED) is 0.806. The topological polar surface area (TPSA) is 34.1 Å². The van der Waals surface area contributed by atoms with Crippen molar-refractivity contribution in [1.82, 2.24) is 0 Å². The van der Waals surface area contributed by atoms with E-state index in [0.717, 1.165) is 16.7 Å². The van der Waals surface area contributed by atoms with Crippen LogP contribution in [0.1, 0.15) is 16.7 Å². The van der Waals surface area contributed by atoms with Crippen LogP contribution in [0, 0.1) is 6.92 Å². The van der Waals surface area contributed by atoms with Gasteiger partial charge in [0.2, 0.25) is 0 Å². The summed E-state index contributed by atoms with van der Waals surface area (Å²) in [4.78, 5) is 0.350. The van der Waals surface area contributed by atoms with Crippen LogP contribution in [0.25, 0.3) is 0 Å². The largest absolute Gasteiger partial charge is 0.223 e. The predicted octanol–water partition coefficient (Wildman–Crippen LogP) is 3.71. The molecule has 0 saturated carbocycles. The van der Waals surface area contributed by atoms with Gasteiger partial charge in [-0.1, -0.05) is 42.0 Å². The Hall–Kier alpha value is -1.32. The smallest absolute Gasteiger partial charge is 0.182 e. The number of aryl methyl sites for hydroxylation is 1. The fourth-order valence-electron chi connectivity index (χ4n) is 1.86. The molecule has 19 heavy (non-hydrogen) atoms. The Morgan fingerprint density at radius 1 is 0.947 bits per heavy atom. The molecule has 2 nitrogen and oxygen atoms in total. The highest BCUT2D eigenvalue weighted by Crippen LogP contribution is 2.20. The van der Waals surface area contributed by atoms with E-state index in [1.54, 1.807) is 24.3 Å². The van der Waals surface area contributed by atoms with Gasteiger partial charge in [0.05, 0.1) is 10.6 Å². The standard InChI is InChI=1S/C15H15ClO2S/c1-12-6-8-15(9-7-12)19(17,18)11-14-5-3-2-4-13(14)10-16/h2-9H,10-11H2,1H3. The van der Waals surface area contributed by atoms with Crippen LogP contribution in [0.4, 0.5) is 0 Å². The number of alkyl halides is 1. The van der Waals surface area contributed by atoms with Crippen molar-refractivity contribution in [3.63, 3.8) is 0 Å². The molecule has 0 unspecified atom stereocenters. The maximum absolute atomic E-state index is 12.3. The Kier molecular flexibility index (Phi) is 4.27. The molecule has 0 aromatic heterocycles. The van der Waals surface area contributed by atoms with Crippen molar-refractivity contribution in [2.45, 2.75) is 23.5 Å². The highest BCUT2D eigenvalue weighted by atomic mass is 35.5. The van der Waals surface area contributed by atoms with Crippen molar-refractivity contribution in [2.75, 3.05) is 0 Å². The van der Waals surface area contributed by atoms with Crippen LogP contribution in [0.3, 0.4) is 0 Å². The van der Waals surface area contributed by atoms with Gasteiger partial charge in [-0.15, -0.1) is 11.6 Å². The maximum atomic E-state index is 12.3. The second-order valence-corrected chi connectivity index (χ2v) is 6.73. The number of hydrogen-bond acceptors (Lipinski definition) is 2. The molecule has 0 aliphatic rings. The van der Waals surface area contributed by atoms with Crippen molar-refractivity contribution in [1.29, 1.82) is 0 Å². The zero-order valence-electron chi connectivity index (χ0n) is 10.6. The van der Waals surface area contributed by atoms with Gasteiger partial charge < -0.3 is 0 Å². The van der Waals surface area contributed by atoms with Crippen molar-refractivity contribution < 1.29 is 8.42 Å². The third-order valence-electron chi connectivity index (χ3n) is 2.99. The van der Waals surface area contributed by atoms with E-state index in [2.05, 4.69) is 0 Å². The summed E-state index contributed by atoms with van der Waals surface area (Å²) in [6, 6.07) is 14.3. The molecule has 100 valence electrons. The van der Waals surface area contributed by atoms with E-state index in [9.17, 15) is 8.42 Å². The van der Waals surface area contributed by atoms with E-state index in [-0.39, 0.29) is 5.75 Å². The molecule has 2 rings (SSSR count). The summed E-state index contributed by atoms with van der Waals surface area (Å²) in [6.07, 6.45) is 0. The first-order chi connectivity index (χ1) is 9.03. The van der Waals surface area contributed by atoms with Crippen molar-refractivity contribution in [2.24, 2.45) is 0 Å². The lowest BCUT2D eigenvalue weighted by molar-refractivity contribution is 0.595. The van der Waals surface area contributed by atoms with Gasteiger partial charge in [-0.3, -0.25) is 0 Å². The summed E-state index contributed by atoms with van der Waals surface area (Å²) in [5.74, 6) is 0.304. The third kappa shape index (κ3) is 3.37. The number of hydrogen-bond donors (Lipinski definition) is 0. The van der Waals surface area contributed by atoms with Crippen molar-refractivity contribution >= 4 is 21.4 Å². The van der Waals surface area contributed by atoms with E-state index in [4.69, 9.17) is 11.6 Å². The highest BCUT2D eigenvalue weighted by Gasteiger charge is 2.16. The first-order valence-corrected chi connectivity index (χ1v) is 8.14. The van der Waals surface area contributed by atoms with Crippen LogP contribution < -0.4 is 0 Å². The Bertz CT molecular complexity index is 661. The summed E-state index contributed by atoms with van der Waals surface area (Å²) in [7, 11) is -3.32. The summed E-state index contributed by atoms with van der Waals surface area (Å²) in [6.45, 7) is 1.93. The van der Waals surface area contributed by atoms with Gasteiger partial charge in [0.1, 0.15) is 0 Å². The van der Waals surface area contributed by atoms with Gasteiger partial charge in [-0.05, 0) is 30.2 Å². The van der Waals surface area contributed by atoms with Crippen molar-refractivity contribution in [3.8, 4) is 0 Å². The maximum Gasteiger partial charge on any atom is 0.182 e. The molecule has 0 fully saturated rings. The van der Waals surface area contributed by atoms with Gasteiger partial charge in [-0.2, -0.15) is 0 Å². The van der Waals surface area contributed by atoms with Crippen LogP contribution in [0.2, 0.25) is 0 Å². The first kappa shape index (κ1) is 14.1. The molecule has 0 N–H and O–H groups in total. The average molecular weight is 295 g/mol. The molecule has 4 heteroatoms. The lowest BCUT2D eigenvalue weighted by atomic mass is 10.1. The van der Waals surface area contributed by atoms with E-state index in [0.29, 0.717) is 10.8 Å². The van der Waals surface area contributed by atoms with Crippen LogP contribution >= 0.6 is 11.6 Å². The molecule has 0 bridgehead atoms. The minimum atomic E-state index is -3.32. The lowest BCUT2D eigenvalue weighted by Crippen LogP contribution is -2.06. The molecule has 0 heterocycles. The predicted molar refractivity (Wildman–Crippen MR) is 78.1 cm³/mol. The van der Waals surface area contributed by atoms with Gasteiger partial charge in [0, 0.05) is 5.88 Å². The average Bonchev–Trinajstić information content (AvgIpc) is 2.39. The minimum absolute atomic E-state index is 0.0149. The third-order valence-corrected chi connectivity index (χ3v) is 4.96. The lowest BCUT2D eigenvalue weighted by Gasteiger charge is -2.08. The van der Waals surface area contributed by atoms with Crippen LogP contribution in [0.15, 0.2) is 53.4 Å². The zero-order valence-corrected chi connectivity index (χ0v) is 12.2. The summed E-state index contributed by atoms with van der Waals surface area (Å²) < 4.78 is 24.7. The number of sulfone groups is 1. The monoisotopic (exact) mass is 294 g/mol. The second-order valence-electron chi connectivity index (χ2n) is 4.47. The fraction of sp³-hybridized carbons (Fsp3) is 0.200. The Morgan fingerprint density at radius 2 is 1.53 bits per heavy atom. The normalized spacial score (nSPS) is 11.5. The second kappa shape index (κ2) is 5.76. The number of benzene rings is 2. The highest BCUT2D eigenvalue weighted by molar-refractivity contribution is 7.90. The molecule has 0 aliphatic heterocycles. The number of halogens is 1. The molecule has 0 atom stereocenters. The van der Waals surface area contributed by atoms with Gasteiger partial charge >= 0.3 is 0 Å². The first-order valence-electron chi connectivity index (χ1n) is 5.95. The summed E-state index contributed by atoms with van der Waals surface area (Å²) >= 11 is 5.83. The summed E-state index contributed by atoms with van der Waals surface area (Å²) in [5, 5.41) is 0. The van der Waals surface area contributed by atoms with Gasteiger partial charge in [-0.25, -0.2) is 8.42 Å². The summed E-state index contributed by atoms with van der Waals surface area (Å²) in [5.41, 5.74) is 2.66. The van der Waals surface area contributed by atoms with E-state index in [1.807, 2.05) is 31.2 Å². The molecule has 2 aromatic rings. The van der Waals surface area contributed by atoms with Gasteiger partial charge in [0.15, 0.2) is 9.84 Å². The van der Waals surface area contributed by atoms with E-state index < -0.39 is 9.84 Å². The molecule has 2 aromatic carbocycles. The molecule has 0 saturated heterocycles. The van der Waals surface area contributed by atoms with E-state index in [1.165, 1.54) is 0 Å². The molecular formula is C15H15ClO2S. The minimum Gasteiger partial charge on any atom is -0.223 e. The molecule has 0 spiro atoms. The van der Waals surface area contributed by atoms with Crippen LogP contribution in [-0.2, 0) is 21.5 Å². The van der Waals surface area contributed by atoms with Gasteiger partial charge in [0.25, 0.3) is 0 Å². The zero-order chi connectivity index (χ0) is 13.9. The Labute approximate surface area is 119 Å². The number of rotatable bonds is 4. The van der Waals surface area contributed by atoms with E-state index >= 15 is 0 Å². The van der Waals surface area contributed by atoms with Crippen molar-refractivity contribution in [3.05, 3.63) is 65.2 Å². The fourth-order valence-corrected chi connectivity index (χ4v) is 3.53. The molecule has 0 radical (unpaired) electrons. The van der Waals surface area contributed by atoms with Crippen LogP contribution in [-0.4, -0.2) is 8.42 Å². The molecular weight excluding hydrogens is 280 g/mol. The Balaban J connectivity index is 2.34. The molecule has 0 aliphatic carbocycles. The van der Waals surface area contributed by atoms with Crippen LogP contribution in [0.5, 0.6) is 0 Å². The molecule has 0 amide bonds. The SMILES string of the molecule is Cc1ccc(S(=O)(=O)Cc2ccccc2CCl)cc1.